The summed E-state index contributed by atoms with van der Waals surface area (Å²) in [6.07, 6.45) is 0. The third-order valence-electron chi connectivity index (χ3n) is 5.23. The molecule has 5 heteroatoms. The first-order valence-electron chi connectivity index (χ1n) is 9.29. The second-order valence-electron chi connectivity index (χ2n) is 7.05. The predicted octanol–water partition coefficient (Wildman–Crippen LogP) is 4.68. The van der Waals surface area contributed by atoms with Crippen LogP contribution in [0.4, 0.5) is 4.39 Å². The molecule has 0 spiro atoms. The molecule has 29 heavy (non-hydrogen) atoms. The van der Waals surface area contributed by atoms with E-state index in [2.05, 4.69) is 0 Å². The standard InChI is InChI=1S/C24H16FNO3/c25-17-10-6-9-16(13-17)21-20-22(27)18-11-4-5-12-19(18)29-23(20)24(28)26(21)14-15-7-2-1-3-8-15/h1-13,21H,14H2/t21-/m1/s1. The van der Waals surface area contributed by atoms with Gasteiger partial charge in [0.15, 0.2) is 5.43 Å². The lowest BCUT2D eigenvalue weighted by molar-refractivity contribution is 0.0714. The van der Waals surface area contributed by atoms with Crippen molar-refractivity contribution in [2.24, 2.45) is 0 Å². The minimum absolute atomic E-state index is 0.0268. The zero-order valence-electron chi connectivity index (χ0n) is 15.3. The second kappa shape index (κ2) is 6.71. The summed E-state index contributed by atoms with van der Waals surface area (Å²) >= 11 is 0. The van der Waals surface area contributed by atoms with Gasteiger partial charge in [0, 0.05) is 6.54 Å². The third-order valence-corrected chi connectivity index (χ3v) is 5.23. The van der Waals surface area contributed by atoms with Gasteiger partial charge in [0.25, 0.3) is 5.91 Å². The minimum Gasteiger partial charge on any atom is -0.450 e. The number of benzene rings is 3. The molecule has 0 saturated carbocycles. The summed E-state index contributed by atoms with van der Waals surface area (Å²) in [7, 11) is 0. The van der Waals surface area contributed by atoms with Crippen LogP contribution in [-0.4, -0.2) is 10.8 Å². The zero-order valence-corrected chi connectivity index (χ0v) is 15.3. The highest BCUT2D eigenvalue weighted by atomic mass is 19.1. The number of carbonyl (C=O) groups excluding carboxylic acids is 1. The van der Waals surface area contributed by atoms with Crippen LogP contribution in [0.1, 0.15) is 33.3 Å². The predicted molar refractivity (Wildman–Crippen MR) is 107 cm³/mol. The van der Waals surface area contributed by atoms with Crippen molar-refractivity contribution < 1.29 is 13.6 Å². The molecule has 4 nitrogen and oxygen atoms in total. The van der Waals surface area contributed by atoms with Crippen molar-refractivity contribution >= 4 is 16.9 Å². The highest BCUT2D eigenvalue weighted by Gasteiger charge is 2.42. The molecular formula is C24H16FNO3. The zero-order chi connectivity index (χ0) is 20.0. The number of carbonyl (C=O) groups is 1. The fourth-order valence-corrected chi connectivity index (χ4v) is 3.93. The molecule has 3 aromatic carbocycles. The van der Waals surface area contributed by atoms with Gasteiger partial charge in [-0.15, -0.1) is 0 Å². The quantitative estimate of drug-likeness (QED) is 0.515. The Morgan fingerprint density at radius 2 is 1.66 bits per heavy atom. The number of rotatable bonds is 3. The lowest BCUT2D eigenvalue weighted by atomic mass is 9.98. The highest BCUT2D eigenvalue weighted by molar-refractivity contribution is 5.99. The summed E-state index contributed by atoms with van der Waals surface area (Å²) < 4.78 is 19.9. The van der Waals surface area contributed by atoms with Crippen molar-refractivity contribution in [3.8, 4) is 0 Å². The normalized spacial score (nSPS) is 15.7. The Morgan fingerprint density at radius 3 is 2.45 bits per heavy atom. The molecule has 0 saturated heterocycles. The molecule has 1 aliphatic rings. The van der Waals surface area contributed by atoms with Crippen molar-refractivity contribution in [1.82, 2.24) is 4.90 Å². The van der Waals surface area contributed by atoms with E-state index in [1.54, 1.807) is 41.3 Å². The van der Waals surface area contributed by atoms with E-state index in [9.17, 15) is 14.0 Å². The Morgan fingerprint density at radius 1 is 0.897 bits per heavy atom. The molecular weight excluding hydrogens is 369 g/mol. The lowest BCUT2D eigenvalue weighted by Gasteiger charge is -2.25. The van der Waals surface area contributed by atoms with Crippen LogP contribution in [0.2, 0.25) is 0 Å². The largest absolute Gasteiger partial charge is 0.450 e. The van der Waals surface area contributed by atoms with Crippen molar-refractivity contribution in [1.29, 1.82) is 0 Å². The Hall–Kier alpha value is -3.73. The lowest BCUT2D eigenvalue weighted by Crippen LogP contribution is -2.29. The summed E-state index contributed by atoms with van der Waals surface area (Å²) in [5.41, 5.74) is 1.81. The van der Waals surface area contributed by atoms with Gasteiger partial charge in [-0.2, -0.15) is 0 Å². The maximum Gasteiger partial charge on any atom is 0.291 e. The van der Waals surface area contributed by atoms with Gasteiger partial charge in [0.2, 0.25) is 5.76 Å². The van der Waals surface area contributed by atoms with Gasteiger partial charge in [-0.25, -0.2) is 4.39 Å². The summed E-state index contributed by atoms with van der Waals surface area (Å²) in [5, 5.41) is 0.405. The summed E-state index contributed by atoms with van der Waals surface area (Å²) in [6, 6.07) is 21.6. The second-order valence-corrected chi connectivity index (χ2v) is 7.05. The smallest absolute Gasteiger partial charge is 0.291 e. The molecule has 1 amide bonds. The van der Waals surface area contributed by atoms with E-state index < -0.39 is 11.9 Å². The van der Waals surface area contributed by atoms with E-state index in [1.165, 1.54) is 12.1 Å². The van der Waals surface area contributed by atoms with Crippen molar-refractivity contribution in [2.75, 3.05) is 0 Å². The third kappa shape index (κ3) is 2.83. The number of hydrogen-bond acceptors (Lipinski definition) is 3. The molecule has 142 valence electrons. The molecule has 0 bridgehead atoms. The van der Waals surface area contributed by atoms with Gasteiger partial charge in [-0.3, -0.25) is 9.59 Å². The van der Waals surface area contributed by atoms with Crippen LogP contribution in [0.25, 0.3) is 11.0 Å². The monoisotopic (exact) mass is 385 g/mol. The van der Waals surface area contributed by atoms with Crippen molar-refractivity contribution in [2.45, 2.75) is 12.6 Å². The Labute approximate surface area is 165 Å². The van der Waals surface area contributed by atoms with Crippen molar-refractivity contribution in [3.63, 3.8) is 0 Å². The Balaban J connectivity index is 1.74. The maximum absolute atomic E-state index is 14.0. The van der Waals surface area contributed by atoms with E-state index in [-0.39, 0.29) is 29.2 Å². The average Bonchev–Trinajstić information content (AvgIpc) is 3.01. The van der Waals surface area contributed by atoms with Crippen LogP contribution in [0.3, 0.4) is 0 Å². The first kappa shape index (κ1) is 17.4. The molecule has 1 aliphatic heterocycles. The van der Waals surface area contributed by atoms with Crippen LogP contribution < -0.4 is 5.43 Å². The Kier molecular flexibility index (Phi) is 4.02. The van der Waals surface area contributed by atoms with Gasteiger partial charge in [0.05, 0.1) is 17.0 Å². The summed E-state index contributed by atoms with van der Waals surface area (Å²) in [4.78, 5) is 28.1. The molecule has 2 heterocycles. The molecule has 1 atom stereocenters. The van der Waals surface area contributed by atoms with E-state index in [1.807, 2.05) is 30.3 Å². The molecule has 0 fully saturated rings. The first-order valence-corrected chi connectivity index (χ1v) is 9.29. The molecule has 1 aromatic heterocycles. The maximum atomic E-state index is 14.0. The molecule has 5 rings (SSSR count). The van der Waals surface area contributed by atoms with Crippen molar-refractivity contribution in [3.05, 3.63) is 117 Å². The van der Waals surface area contributed by atoms with Crippen LogP contribution in [0, 0.1) is 5.82 Å². The number of hydrogen-bond donors (Lipinski definition) is 0. The van der Waals surface area contributed by atoms with Crippen LogP contribution in [-0.2, 0) is 6.54 Å². The van der Waals surface area contributed by atoms with E-state index in [0.29, 0.717) is 16.5 Å². The topological polar surface area (TPSA) is 50.5 Å². The number of amides is 1. The van der Waals surface area contributed by atoms with Crippen LogP contribution in [0.5, 0.6) is 0 Å². The molecule has 0 unspecified atom stereocenters. The number of halogens is 1. The first-order chi connectivity index (χ1) is 14.1. The van der Waals surface area contributed by atoms with Gasteiger partial charge in [-0.05, 0) is 35.4 Å². The minimum atomic E-state index is -0.714. The molecule has 0 aliphatic carbocycles. The SMILES string of the molecule is O=C1c2oc3ccccc3c(=O)c2[C@@H](c2cccc(F)c2)N1Cc1ccccc1. The van der Waals surface area contributed by atoms with E-state index in [4.69, 9.17) is 4.42 Å². The number of fused-ring (bicyclic) bond motifs is 2. The van der Waals surface area contributed by atoms with Crippen LogP contribution in [0.15, 0.2) is 88.1 Å². The van der Waals surface area contributed by atoms with Gasteiger partial charge in [-0.1, -0.05) is 54.6 Å². The number of para-hydroxylation sites is 1. The molecule has 4 aromatic rings. The number of nitrogens with zero attached hydrogens (tertiary/aromatic N) is 1. The van der Waals surface area contributed by atoms with E-state index >= 15 is 0 Å². The fourth-order valence-electron chi connectivity index (χ4n) is 3.93. The summed E-state index contributed by atoms with van der Waals surface area (Å²) in [6.45, 7) is 0.279. The fraction of sp³-hybridized carbons (Fsp3) is 0.0833. The molecule has 0 radical (unpaired) electrons. The van der Waals surface area contributed by atoms with Gasteiger partial charge < -0.3 is 9.32 Å². The highest BCUT2D eigenvalue weighted by Crippen LogP contribution is 2.39. The average molecular weight is 385 g/mol. The van der Waals surface area contributed by atoms with Gasteiger partial charge in [0.1, 0.15) is 11.4 Å². The van der Waals surface area contributed by atoms with E-state index in [0.717, 1.165) is 5.56 Å². The Bertz CT molecular complexity index is 1300. The van der Waals surface area contributed by atoms with Crippen LogP contribution >= 0.6 is 0 Å². The summed E-state index contributed by atoms with van der Waals surface area (Å²) in [5.74, 6) is -0.770. The van der Waals surface area contributed by atoms with Gasteiger partial charge >= 0.3 is 0 Å². The molecule has 0 N–H and O–H groups in total.